The summed E-state index contributed by atoms with van der Waals surface area (Å²) in [5, 5.41) is 12.9. The monoisotopic (exact) mass is 444 g/mol. The molecule has 2 aromatic heterocycles. The van der Waals surface area contributed by atoms with Crippen molar-refractivity contribution in [2.24, 2.45) is 0 Å². The van der Waals surface area contributed by atoms with Gasteiger partial charge in [0.1, 0.15) is 0 Å². The van der Waals surface area contributed by atoms with E-state index in [0.717, 1.165) is 23.4 Å². The lowest BCUT2D eigenvalue weighted by Gasteiger charge is -2.21. The predicted molar refractivity (Wildman–Crippen MR) is 134 cm³/mol. The van der Waals surface area contributed by atoms with E-state index in [4.69, 9.17) is 9.97 Å². The second-order valence-corrected chi connectivity index (χ2v) is 8.64. The molecule has 0 amide bonds. The van der Waals surface area contributed by atoms with Crippen molar-refractivity contribution in [3.63, 3.8) is 0 Å². The number of hydrogen-bond donors (Lipinski definition) is 2. The first-order valence-electron chi connectivity index (χ1n) is 11.5. The summed E-state index contributed by atoms with van der Waals surface area (Å²) in [5.41, 5.74) is 5.15. The number of rotatable bonds is 9. The molecule has 4 aromatic rings. The number of imidazole rings is 1. The Morgan fingerprint density at radius 3 is 2.33 bits per heavy atom. The average Bonchev–Trinajstić information content (AvgIpc) is 3.27. The van der Waals surface area contributed by atoms with Gasteiger partial charge in [0, 0.05) is 19.6 Å². The molecule has 1 atom stereocenters. The number of aliphatic hydroxyl groups is 1. The minimum atomic E-state index is -0.0958. The molecule has 172 valence electrons. The van der Waals surface area contributed by atoms with Crippen LogP contribution in [-0.2, 0) is 6.54 Å². The first-order valence-corrected chi connectivity index (χ1v) is 11.5. The molecule has 1 unspecified atom stereocenters. The van der Waals surface area contributed by atoms with Crippen LogP contribution in [0.3, 0.4) is 0 Å². The summed E-state index contributed by atoms with van der Waals surface area (Å²) >= 11 is 0. The van der Waals surface area contributed by atoms with Crippen molar-refractivity contribution >= 4 is 22.9 Å². The number of benzene rings is 2. The van der Waals surface area contributed by atoms with Gasteiger partial charge >= 0.3 is 0 Å². The van der Waals surface area contributed by atoms with E-state index in [1.807, 2.05) is 30.9 Å². The van der Waals surface area contributed by atoms with Gasteiger partial charge in [-0.25, -0.2) is 4.98 Å². The Morgan fingerprint density at radius 1 is 1.00 bits per heavy atom. The standard InChI is InChI=1S/C26H32N6O/c1-5-22(16-33)28-26-29-24(23-25(30-26)32(17-27-23)18(2)3)31(4)15-19-11-13-21(14-12-19)20-9-7-6-8-10-20/h6-14,17-18,22,33H,5,15-16H2,1-4H3,(H,28,29,30). The molecule has 0 saturated heterocycles. The van der Waals surface area contributed by atoms with Crippen LogP contribution in [0.4, 0.5) is 11.8 Å². The third-order valence-electron chi connectivity index (χ3n) is 5.85. The molecule has 7 heteroatoms. The first-order chi connectivity index (χ1) is 16.0. The van der Waals surface area contributed by atoms with Gasteiger partial charge in [0.25, 0.3) is 0 Å². The van der Waals surface area contributed by atoms with Crippen LogP contribution >= 0.6 is 0 Å². The number of nitrogens with zero attached hydrogens (tertiary/aromatic N) is 5. The van der Waals surface area contributed by atoms with Crippen LogP contribution in [0.1, 0.15) is 38.8 Å². The third-order valence-corrected chi connectivity index (χ3v) is 5.85. The third kappa shape index (κ3) is 4.98. The molecular weight excluding hydrogens is 412 g/mol. The van der Waals surface area contributed by atoms with E-state index in [1.165, 1.54) is 16.7 Å². The van der Waals surface area contributed by atoms with E-state index in [-0.39, 0.29) is 18.7 Å². The fraction of sp³-hybridized carbons (Fsp3) is 0.346. The number of nitrogens with one attached hydrogen (secondary N) is 1. The van der Waals surface area contributed by atoms with E-state index in [1.54, 1.807) is 0 Å². The van der Waals surface area contributed by atoms with E-state index in [0.29, 0.717) is 12.5 Å². The van der Waals surface area contributed by atoms with E-state index in [9.17, 15) is 5.11 Å². The van der Waals surface area contributed by atoms with Gasteiger partial charge in [-0.3, -0.25) is 0 Å². The topological polar surface area (TPSA) is 79.1 Å². The zero-order chi connectivity index (χ0) is 23.4. The molecule has 0 radical (unpaired) electrons. The average molecular weight is 445 g/mol. The molecule has 0 aliphatic heterocycles. The maximum Gasteiger partial charge on any atom is 0.227 e. The number of aliphatic hydroxyl groups excluding tert-OH is 1. The summed E-state index contributed by atoms with van der Waals surface area (Å²) in [5.74, 6) is 1.27. The molecular formula is C26H32N6O. The smallest absolute Gasteiger partial charge is 0.227 e. The zero-order valence-electron chi connectivity index (χ0n) is 19.7. The fourth-order valence-corrected chi connectivity index (χ4v) is 3.85. The van der Waals surface area contributed by atoms with Crippen LogP contribution < -0.4 is 10.2 Å². The van der Waals surface area contributed by atoms with Gasteiger partial charge in [-0.1, -0.05) is 61.5 Å². The van der Waals surface area contributed by atoms with Crippen LogP contribution in [-0.4, -0.2) is 44.3 Å². The lowest BCUT2D eigenvalue weighted by molar-refractivity contribution is 0.271. The molecule has 7 nitrogen and oxygen atoms in total. The van der Waals surface area contributed by atoms with Gasteiger partial charge in [0.15, 0.2) is 17.0 Å². The van der Waals surface area contributed by atoms with Crippen molar-refractivity contribution in [1.82, 2.24) is 19.5 Å². The minimum absolute atomic E-state index is 0.0281. The number of anilines is 2. The molecule has 33 heavy (non-hydrogen) atoms. The van der Waals surface area contributed by atoms with Crippen molar-refractivity contribution in [2.75, 3.05) is 23.9 Å². The van der Waals surface area contributed by atoms with Gasteiger partial charge in [0.2, 0.25) is 5.95 Å². The Labute approximate surface area is 195 Å². The Morgan fingerprint density at radius 2 is 1.70 bits per heavy atom. The zero-order valence-corrected chi connectivity index (χ0v) is 19.7. The number of fused-ring (bicyclic) bond motifs is 1. The van der Waals surface area contributed by atoms with Gasteiger partial charge < -0.3 is 19.9 Å². The maximum atomic E-state index is 9.64. The molecule has 0 fully saturated rings. The van der Waals surface area contributed by atoms with Crippen molar-refractivity contribution < 1.29 is 5.11 Å². The number of hydrogen-bond acceptors (Lipinski definition) is 6. The van der Waals surface area contributed by atoms with Gasteiger partial charge in [0.05, 0.1) is 19.0 Å². The molecule has 0 aliphatic carbocycles. The molecule has 4 rings (SSSR count). The highest BCUT2D eigenvalue weighted by atomic mass is 16.3. The quantitative estimate of drug-likeness (QED) is 0.383. The summed E-state index contributed by atoms with van der Waals surface area (Å²) in [6, 6.07) is 19.1. The maximum absolute atomic E-state index is 9.64. The second-order valence-electron chi connectivity index (χ2n) is 8.64. The van der Waals surface area contributed by atoms with Crippen LogP contribution in [0.25, 0.3) is 22.3 Å². The van der Waals surface area contributed by atoms with Gasteiger partial charge in [-0.05, 0) is 37.0 Å². The lowest BCUT2D eigenvalue weighted by atomic mass is 10.0. The van der Waals surface area contributed by atoms with Crippen LogP contribution in [0, 0.1) is 0 Å². The van der Waals surface area contributed by atoms with Gasteiger partial charge in [-0.2, -0.15) is 9.97 Å². The number of aromatic nitrogens is 4. The summed E-state index contributed by atoms with van der Waals surface area (Å²) in [6.07, 6.45) is 2.60. The molecule has 0 saturated carbocycles. The normalized spacial score (nSPS) is 12.3. The van der Waals surface area contributed by atoms with Crippen molar-refractivity contribution in [3.8, 4) is 11.1 Å². The van der Waals surface area contributed by atoms with Crippen molar-refractivity contribution in [2.45, 2.75) is 45.8 Å². The molecule has 0 bridgehead atoms. The lowest BCUT2D eigenvalue weighted by Crippen LogP contribution is -2.25. The summed E-state index contributed by atoms with van der Waals surface area (Å²) < 4.78 is 2.05. The summed E-state index contributed by atoms with van der Waals surface area (Å²) in [7, 11) is 2.02. The Balaban J connectivity index is 1.64. The molecule has 2 N–H and O–H groups in total. The van der Waals surface area contributed by atoms with E-state index in [2.05, 4.69) is 77.6 Å². The van der Waals surface area contributed by atoms with Crippen LogP contribution in [0.2, 0.25) is 0 Å². The Bertz CT molecular complexity index is 1180. The molecule has 2 aromatic carbocycles. The van der Waals surface area contributed by atoms with Gasteiger partial charge in [-0.15, -0.1) is 0 Å². The molecule has 2 heterocycles. The molecule has 0 spiro atoms. The highest BCUT2D eigenvalue weighted by molar-refractivity contribution is 5.85. The second kappa shape index (κ2) is 10.0. The summed E-state index contributed by atoms with van der Waals surface area (Å²) in [6.45, 7) is 6.96. The predicted octanol–water partition coefficient (Wildman–Crippen LogP) is 4.89. The first kappa shape index (κ1) is 22.7. The Hall–Kier alpha value is -3.45. The van der Waals surface area contributed by atoms with Crippen molar-refractivity contribution in [3.05, 3.63) is 66.5 Å². The highest BCUT2D eigenvalue weighted by Crippen LogP contribution is 2.27. The highest BCUT2D eigenvalue weighted by Gasteiger charge is 2.19. The molecule has 0 aliphatic rings. The van der Waals surface area contributed by atoms with Crippen LogP contribution in [0.5, 0.6) is 0 Å². The minimum Gasteiger partial charge on any atom is -0.394 e. The van der Waals surface area contributed by atoms with Crippen molar-refractivity contribution in [1.29, 1.82) is 0 Å². The Kier molecular flexibility index (Phi) is 6.89. The van der Waals surface area contributed by atoms with Crippen LogP contribution in [0.15, 0.2) is 60.9 Å². The largest absolute Gasteiger partial charge is 0.394 e. The SMILES string of the molecule is CCC(CO)Nc1nc(N(C)Cc2ccc(-c3ccccc3)cc2)c2ncn(C(C)C)c2n1. The van der Waals surface area contributed by atoms with E-state index < -0.39 is 0 Å². The summed E-state index contributed by atoms with van der Waals surface area (Å²) in [4.78, 5) is 16.3. The fourth-order valence-electron chi connectivity index (χ4n) is 3.85. The van der Waals surface area contributed by atoms with E-state index >= 15 is 0 Å².